The van der Waals surface area contributed by atoms with Gasteiger partial charge < -0.3 is 0 Å². The zero-order valence-electron chi connectivity index (χ0n) is 23.5. The Morgan fingerprint density at radius 3 is 1.71 bits per heavy atom. The van der Waals surface area contributed by atoms with Gasteiger partial charge in [0.25, 0.3) is 5.82 Å². The summed E-state index contributed by atoms with van der Waals surface area (Å²) in [5, 5.41) is 0. The second-order valence-electron chi connectivity index (χ2n) is 10.7. The van der Waals surface area contributed by atoms with Crippen molar-refractivity contribution in [3.05, 3.63) is 54.1 Å². The Bertz CT molecular complexity index is 718. The molecule has 1 heterocycles. The first kappa shape index (κ1) is 29.7. The Morgan fingerprint density at radius 2 is 1.11 bits per heavy atom. The molecule has 1 aromatic heterocycles. The maximum Gasteiger partial charge on any atom is 0.256 e. The van der Waals surface area contributed by atoms with Crippen molar-refractivity contribution in [2.24, 2.45) is 0 Å². The van der Waals surface area contributed by atoms with Crippen LogP contribution in [0.1, 0.15) is 141 Å². The fourth-order valence-electron chi connectivity index (χ4n) is 5.30. The van der Waals surface area contributed by atoms with Crippen LogP contribution in [0.2, 0.25) is 0 Å². The molecule has 0 fully saturated rings. The lowest BCUT2D eigenvalue weighted by Gasteiger charge is -2.07. The fraction of sp³-hybridized carbons (Fsp3) is 0.727. The average molecular weight is 482 g/mol. The number of unbranched alkanes of at least 4 members (excludes halogenated alkanes) is 15. The lowest BCUT2D eigenvalue weighted by atomic mass is 10.1. The second-order valence-corrected chi connectivity index (χ2v) is 10.7. The van der Waals surface area contributed by atoms with Gasteiger partial charge >= 0.3 is 0 Å². The van der Waals surface area contributed by atoms with E-state index in [1.165, 1.54) is 141 Å². The van der Waals surface area contributed by atoms with E-state index in [0.29, 0.717) is 0 Å². The van der Waals surface area contributed by atoms with Gasteiger partial charge in [-0.25, -0.2) is 9.13 Å². The molecule has 2 aromatic rings. The minimum absolute atomic E-state index is 1.14. The van der Waals surface area contributed by atoms with Crippen molar-refractivity contribution in [3.63, 3.8) is 0 Å². The van der Waals surface area contributed by atoms with E-state index in [1.807, 2.05) is 0 Å². The normalized spacial score (nSPS) is 11.4. The molecule has 0 radical (unpaired) electrons. The van der Waals surface area contributed by atoms with Gasteiger partial charge in [0.1, 0.15) is 12.4 Å². The van der Waals surface area contributed by atoms with E-state index in [-0.39, 0.29) is 0 Å². The minimum atomic E-state index is 1.14. The predicted molar refractivity (Wildman–Crippen MR) is 153 cm³/mol. The second kappa shape index (κ2) is 20.6. The van der Waals surface area contributed by atoms with Crippen molar-refractivity contribution in [2.75, 3.05) is 0 Å². The quantitative estimate of drug-likeness (QED) is 0.110. The SMILES string of the molecule is CCCCCCCCCCCCCCn1cc[n+](CCCc2ccccc2)c1CCCCCCC. The van der Waals surface area contributed by atoms with Crippen LogP contribution in [0.15, 0.2) is 42.7 Å². The summed E-state index contributed by atoms with van der Waals surface area (Å²) < 4.78 is 5.14. The molecule has 2 nitrogen and oxygen atoms in total. The molecule has 0 bridgehead atoms. The van der Waals surface area contributed by atoms with Crippen LogP contribution >= 0.6 is 0 Å². The zero-order valence-corrected chi connectivity index (χ0v) is 23.5. The van der Waals surface area contributed by atoms with Crippen LogP contribution in [0.5, 0.6) is 0 Å². The average Bonchev–Trinajstić information content (AvgIpc) is 3.26. The Hall–Kier alpha value is -1.57. The van der Waals surface area contributed by atoms with Crippen LogP contribution in [0.4, 0.5) is 0 Å². The third kappa shape index (κ3) is 13.9. The first-order valence-electron chi connectivity index (χ1n) is 15.5. The van der Waals surface area contributed by atoms with E-state index in [4.69, 9.17) is 0 Å². The number of hydrogen-bond acceptors (Lipinski definition) is 0. The van der Waals surface area contributed by atoms with E-state index in [1.54, 1.807) is 5.82 Å². The molecule has 0 aliphatic heterocycles. The Labute approximate surface area is 218 Å². The molecule has 0 unspecified atom stereocenters. The molecule has 0 amide bonds. The van der Waals surface area contributed by atoms with Gasteiger partial charge in [0, 0.05) is 6.42 Å². The molecule has 0 atom stereocenters. The van der Waals surface area contributed by atoms with Gasteiger partial charge in [-0.05, 0) is 37.7 Å². The summed E-state index contributed by atoms with van der Waals surface area (Å²) in [5.41, 5.74) is 1.46. The summed E-state index contributed by atoms with van der Waals surface area (Å²) in [7, 11) is 0. The van der Waals surface area contributed by atoms with E-state index in [2.05, 4.69) is 65.7 Å². The molecule has 198 valence electrons. The Kier molecular flexibility index (Phi) is 17.5. The number of rotatable bonds is 23. The molecule has 0 aliphatic rings. The number of imidazole rings is 1. The van der Waals surface area contributed by atoms with E-state index >= 15 is 0 Å². The Morgan fingerprint density at radius 1 is 0.571 bits per heavy atom. The van der Waals surface area contributed by atoms with Crippen molar-refractivity contribution < 1.29 is 4.57 Å². The molecule has 2 rings (SSSR count). The first-order valence-corrected chi connectivity index (χ1v) is 15.5. The van der Waals surface area contributed by atoms with Crippen LogP contribution in [0.25, 0.3) is 0 Å². The van der Waals surface area contributed by atoms with Crippen LogP contribution < -0.4 is 4.57 Å². The highest BCUT2D eigenvalue weighted by atomic mass is 15.1. The highest BCUT2D eigenvalue weighted by Gasteiger charge is 2.16. The third-order valence-electron chi connectivity index (χ3n) is 7.55. The van der Waals surface area contributed by atoms with Crippen LogP contribution in [-0.4, -0.2) is 4.57 Å². The van der Waals surface area contributed by atoms with Gasteiger partial charge in [0.2, 0.25) is 0 Å². The molecule has 0 saturated carbocycles. The summed E-state index contributed by atoms with van der Waals surface area (Å²) >= 11 is 0. The van der Waals surface area contributed by atoms with E-state index in [0.717, 1.165) is 6.54 Å². The Balaban J connectivity index is 1.68. The van der Waals surface area contributed by atoms with Crippen LogP contribution in [0, 0.1) is 0 Å². The van der Waals surface area contributed by atoms with Gasteiger partial charge in [-0.2, -0.15) is 0 Å². The lowest BCUT2D eigenvalue weighted by Crippen LogP contribution is -2.37. The lowest BCUT2D eigenvalue weighted by molar-refractivity contribution is -0.704. The molecule has 2 heteroatoms. The summed E-state index contributed by atoms with van der Waals surface area (Å²) in [6.45, 7) is 6.95. The monoisotopic (exact) mass is 481 g/mol. The zero-order chi connectivity index (χ0) is 24.8. The summed E-state index contributed by atoms with van der Waals surface area (Å²) in [6.07, 6.45) is 32.2. The van der Waals surface area contributed by atoms with Crippen molar-refractivity contribution in [1.82, 2.24) is 4.57 Å². The number of aryl methyl sites for hydroxylation is 3. The number of benzene rings is 1. The van der Waals surface area contributed by atoms with Gasteiger partial charge in [-0.15, -0.1) is 0 Å². The largest absolute Gasteiger partial charge is 0.256 e. The third-order valence-corrected chi connectivity index (χ3v) is 7.55. The van der Waals surface area contributed by atoms with Gasteiger partial charge in [-0.3, -0.25) is 0 Å². The topological polar surface area (TPSA) is 8.81 Å². The molecule has 0 spiro atoms. The minimum Gasteiger partial charge on any atom is -0.234 e. The summed E-state index contributed by atoms with van der Waals surface area (Å²) in [5.74, 6) is 1.57. The van der Waals surface area contributed by atoms with E-state index in [9.17, 15) is 0 Å². The molecular weight excluding hydrogens is 424 g/mol. The molecule has 1 aromatic carbocycles. The maximum absolute atomic E-state index is 2.58. The maximum atomic E-state index is 2.58. The highest BCUT2D eigenvalue weighted by molar-refractivity contribution is 5.14. The number of nitrogens with zero attached hydrogens (tertiary/aromatic N) is 2. The molecule has 0 N–H and O–H groups in total. The van der Waals surface area contributed by atoms with Crippen molar-refractivity contribution in [2.45, 2.75) is 155 Å². The van der Waals surface area contributed by atoms with Gasteiger partial charge in [-0.1, -0.05) is 134 Å². The van der Waals surface area contributed by atoms with E-state index < -0.39 is 0 Å². The van der Waals surface area contributed by atoms with Crippen LogP contribution in [0.3, 0.4) is 0 Å². The highest BCUT2D eigenvalue weighted by Crippen LogP contribution is 2.13. The number of aromatic nitrogens is 2. The number of hydrogen-bond donors (Lipinski definition) is 0. The fourth-order valence-corrected chi connectivity index (χ4v) is 5.30. The van der Waals surface area contributed by atoms with Crippen LogP contribution in [-0.2, 0) is 25.9 Å². The van der Waals surface area contributed by atoms with Gasteiger partial charge in [0.05, 0.1) is 13.1 Å². The van der Waals surface area contributed by atoms with Crippen molar-refractivity contribution >= 4 is 0 Å². The standard InChI is InChI=1S/C33H57N2/c1-3-5-7-9-10-11-12-13-14-15-17-22-28-34-30-31-35(33(34)27-21-16-8-6-4-2)29-23-26-32-24-19-18-20-25-32/h18-20,24-25,30-31H,3-17,21-23,26-29H2,1-2H3/q+1. The van der Waals surface area contributed by atoms with Crippen molar-refractivity contribution in [3.8, 4) is 0 Å². The molecule has 0 saturated heterocycles. The van der Waals surface area contributed by atoms with Gasteiger partial charge in [0.15, 0.2) is 0 Å². The summed E-state index contributed by atoms with van der Waals surface area (Å²) in [4.78, 5) is 0. The van der Waals surface area contributed by atoms with Crippen molar-refractivity contribution in [1.29, 1.82) is 0 Å². The predicted octanol–water partition coefficient (Wildman–Crippen LogP) is 9.62. The molecular formula is C33H57N2+. The molecule has 0 aliphatic carbocycles. The first-order chi connectivity index (χ1) is 17.3. The molecule has 35 heavy (non-hydrogen) atoms. The summed E-state index contributed by atoms with van der Waals surface area (Å²) in [6, 6.07) is 11.0. The smallest absolute Gasteiger partial charge is 0.234 e.